The Hall–Kier alpha value is -3.29. The Morgan fingerprint density at radius 1 is 1.14 bits per heavy atom. The molecule has 7 nitrogen and oxygen atoms in total. The number of anilines is 2. The van der Waals surface area contributed by atoms with Crippen LogP contribution in [0.4, 0.5) is 30.2 Å². The molecule has 0 spiro atoms. The third-order valence-electron chi connectivity index (χ3n) is 3.42. The zero-order valence-electron chi connectivity index (χ0n) is 14.1. The Bertz CT molecular complexity index is 1050. The topological polar surface area (TPSA) is 108 Å². The molecule has 1 amide bonds. The highest BCUT2D eigenvalue weighted by atomic mass is 35.5. The van der Waals surface area contributed by atoms with Gasteiger partial charge < -0.3 is 10.6 Å². The Morgan fingerprint density at radius 3 is 2.34 bits per heavy atom. The number of nitrogens with one attached hydrogen (secondary N) is 2. The average Bonchev–Trinajstić information content (AvgIpc) is 2.63. The molecule has 0 unspecified atom stereocenters. The van der Waals surface area contributed by atoms with Crippen molar-refractivity contribution < 1.29 is 22.9 Å². The van der Waals surface area contributed by atoms with Crippen molar-refractivity contribution in [2.75, 3.05) is 10.6 Å². The minimum Gasteiger partial charge on any atom is -0.360 e. The summed E-state index contributed by atoms with van der Waals surface area (Å²) in [5.74, 6) is -1.00. The maximum Gasteiger partial charge on any atom is 0.417 e. The van der Waals surface area contributed by atoms with Crippen LogP contribution in [0.2, 0.25) is 10.0 Å². The SMILES string of the molecule is N#C/C(=C/Nc1ccc(Cl)c([N+](=O)[O-])c1)C(=O)Nc1ccc(Cl)c(C(F)(F)F)c1. The van der Waals surface area contributed by atoms with E-state index in [-0.39, 0.29) is 16.4 Å². The Labute approximate surface area is 171 Å². The molecule has 12 heteroatoms. The number of nitriles is 1. The second kappa shape index (κ2) is 8.81. The van der Waals surface area contributed by atoms with Gasteiger partial charge in [-0.05, 0) is 30.3 Å². The number of carbonyl (C=O) groups excluding carboxylic acids is 1. The number of hydrogen-bond acceptors (Lipinski definition) is 5. The van der Waals surface area contributed by atoms with Gasteiger partial charge in [0.1, 0.15) is 16.7 Å². The quantitative estimate of drug-likeness (QED) is 0.278. The van der Waals surface area contributed by atoms with E-state index in [4.69, 9.17) is 28.5 Å². The normalized spacial score (nSPS) is 11.5. The molecule has 150 valence electrons. The van der Waals surface area contributed by atoms with Crippen molar-refractivity contribution in [1.82, 2.24) is 0 Å². The molecule has 0 saturated heterocycles. The number of hydrogen-bond donors (Lipinski definition) is 2. The van der Waals surface area contributed by atoms with Crippen LogP contribution in [-0.2, 0) is 11.0 Å². The predicted molar refractivity (Wildman–Crippen MR) is 101 cm³/mol. The third-order valence-corrected chi connectivity index (χ3v) is 4.07. The number of nitro groups is 1. The first-order chi connectivity index (χ1) is 13.5. The average molecular weight is 445 g/mol. The Morgan fingerprint density at radius 2 is 1.76 bits per heavy atom. The lowest BCUT2D eigenvalue weighted by molar-refractivity contribution is -0.384. The van der Waals surface area contributed by atoms with E-state index in [1.165, 1.54) is 12.1 Å². The van der Waals surface area contributed by atoms with Gasteiger partial charge in [-0.3, -0.25) is 14.9 Å². The molecule has 29 heavy (non-hydrogen) atoms. The van der Waals surface area contributed by atoms with Gasteiger partial charge in [0, 0.05) is 23.6 Å². The maximum atomic E-state index is 12.9. The number of amides is 1. The number of nitro benzene ring substituents is 1. The van der Waals surface area contributed by atoms with Crippen molar-refractivity contribution in [3.05, 3.63) is 73.9 Å². The number of nitrogens with zero attached hydrogens (tertiary/aromatic N) is 2. The molecule has 0 bridgehead atoms. The summed E-state index contributed by atoms with van der Waals surface area (Å²) in [7, 11) is 0. The minimum absolute atomic E-state index is 0.106. The van der Waals surface area contributed by atoms with Gasteiger partial charge in [-0.1, -0.05) is 23.2 Å². The number of rotatable bonds is 5. The lowest BCUT2D eigenvalue weighted by Gasteiger charge is -2.11. The molecule has 0 atom stereocenters. The van der Waals surface area contributed by atoms with Gasteiger partial charge in [-0.2, -0.15) is 18.4 Å². The minimum atomic E-state index is -4.73. The highest BCUT2D eigenvalue weighted by molar-refractivity contribution is 6.32. The summed E-state index contributed by atoms with van der Waals surface area (Å²) in [5.41, 5.74) is -2.10. The molecule has 2 rings (SSSR count). The number of benzene rings is 2. The van der Waals surface area contributed by atoms with Crippen molar-refractivity contribution in [1.29, 1.82) is 5.26 Å². The molecule has 2 aromatic rings. The first kappa shape index (κ1) is 22.0. The smallest absolute Gasteiger partial charge is 0.360 e. The van der Waals surface area contributed by atoms with Crippen LogP contribution < -0.4 is 10.6 Å². The number of carbonyl (C=O) groups is 1. The van der Waals surface area contributed by atoms with Crippen molar-refractivity contribution >= 4 is 46.2 Å². The summed E-state index contributed by atoms with van der Waals surface area (Å²) < 4.78 is 38.7. The Balaban J connectivity index is 2.21. The fourth-order valence-corrected chi connectivity index (χ4v) is 2.48. The Kier molecular flexibility index (Phi) is 6.68. The standard InChI is InChI=1S/C17H9Cl2F3N4O3/c18-13-3-2-11(5-12(13)17(20,21)22)25-16(27)9(7-23)8-24-10-1-4-14(19)15(6-10)26(28)29/h1-6,8,24H,(H,25,27)/b9-8-. The van der Waals surface area contributed by atoms with Gasteiger partial charge >= 0.3 is 6.18 Å². The maximum absolute atomic E-state index is 12.9. The summed E-state index contributed by atoms with van der Waals surface area (Å²) in [6.07, 6.45) is -3.78. The molecule has 0 saturated carbocycles. The summed E-state index contributed by atoms with van der Waals surface area (Å²) in [6.45, 7) is 0. The van der Waals surface area contributed by atoms with Crippen molar-refractivity contribution in [3.63, 3.8) is 0 Å². The summed E-state index contributed by atoms with van der Waals surface area (Å²) >= 11 is 11.2. The molecule has 0 aliphatic heterocycles. The van der Waals surface area contributed by atoms with Gasteiger partial charge in [-0.15, -0.1) is 0 Å². The molecule has 0 heterocycles. The predicted octanol–water partition coefficient (Wildman–Crippen LogP) is 5.38. The molecule has 0 fully saturated rings. The van der Waals surface area contributed by atoms with E-state index in [1.54, 1.807) is 6.07 Å². The van der Waals surface area contributed by atoms with Gasteiger partial charge in [0.25, 0.3) is 11.6 Å². The van der Waals surface area contributed by atoms with Gasteiger partial charge in [0.05, 0.1) is 15.5 Å². The fourth-order valence-electron chi connectivity index (χ4n) is 2.07. The van der Waals surface area contributed by atoms with Crippen LogP contribution in [0.15, 0.2) is 48.2 Å². The van der Waals surface area contributed by atoms with E-state index >= 15 is 0 Å². The highest BCUT2D eigenvalue weighted by Crippen LogP contribution is 2.36. The monoisotopic (exact) mass is 444 g/mol. The molecule has 0 aromatic heterocycles. The van der Waals surface area contributed by atoms with Gasteiger partial charge in [0.15, 0.2) is 0 Å². The molecule has 0 aliphatic carbocycles. The zero-order valence-corrected chi connectivity index (χ0v) is 15.6. The third kappa shape index (κ3) is 5.60. The lowest BCUT2D eigenvalue weighted by Crippen LogP contribution is -2.15. The van der Waals surface area contributed by atoms with E-state index in [2.05, 4.69) is 10.6 Å². The van der Waals surface area contributed by atoms with E-state index in [0.717, 1.165) is 24.4 Å². The lowest BCUT2D eigenvalue weighted by atomic mass is 10.2. The van der Waals surface area contributed by atoms with E-state index in [9.17, 15) is 28.1 Å². The number of halogens is 5. The molecule has 0 radical (unpaired) electrons. The van der Waals surface area contributed by atoms with E-state index in [0.29, 0.717) is 6.07 Å². The van der Waals surface area contributed by atoms with E-state index < -0.39 is 38.9 Å². The zero-order chi connectivity index (χ0) is 21.8. The summed E-state index contributed by atoms with van der Waals surface area (Å²) in [5, 5.41) is 24.0. The molecule has 2 N–H and O–H groups in total. The van der Waals surface area contributed by atoms with Gasteiger partial charge in [-0.25, -0.2) is 0 Å². The van der Waals surface area contributed by atoms with Crippen LogP contribution in [-0.4, -0.2) is 10.8 Å². The molecular formula is C17H9Cl2F3N4O3. The van der Waals surface area contributed by atoms with Crippen molar-refractivity contribution in [2.45, 2.75) is 6.18 Å². The second-order valence-electron chi connectivity index (χ2n) is 5.38. The fraction of sp³-hybridized carbons (Fsp3) is 0.0588. The highest BCUT2D eigenvalue weighted by Gasteiger charge is 2.33. The van der Waals surface area contributed by atoms with Crippen LogP contribution in [0.1, 0.15) is 5.56 Å². The van der Waals surface area contributed by atoms with Gasteiger partial charge in [0.2, 0.25) is 0 Å². The first-order valence-electron chi connectivity index (χ1n) is 7.51. The second-order valence-corrected chi connectivity index (χ2v) is 6.20. The largest absolute Gasteiger partial charge is 0.417 e. The summed E-state index contributed by atoms with van der Waals surface area (Å²) in [4.78, 5) is 22.3. The van der Waals surface area contributed by atoms with Crippen LogP contribution >= 0.6 is 23.2 Å². The molecular weight excluding hydrogens is 436 g/mol. The van der Waals surface area contributed by atoms with Crippen LogP contribution in [0.3, 0.4) is 0 Å². The van der Waals surface area contributed by atoms with Crippen molar-refractivity contribution in [2.24, 2.45) is 0 Å². The molecule has 0 aliphatic rings. The van der Waals surface area contributed by atoms with E-state index in [1.807, 2.05) is 0 Å². The van der Waals surface area contributed by atoms with Crippen LogP contribution in [0.25, 0.3) is 0 Å². The van der Waals surface area contributed by atoms with Crippen molar-refractivity contribution in [3.8, 4) is 6.07 Å². The van der Waals surface area contributed by atoms with Crippen LogP contribution in [0, 0.1) is 21.4 Å². The summed E-state index contributed by atoms with van der Waals surface area (Å²) in [6, 6.07) is 8.00. The van der Waals surface area contributed by atoms with Crippen LogP contribution in [0.5, 0.6) is 0 Å². The molecule has 2 aromatic carbocycles. The number of alkyl halides is 3. The first-order valence-corrected chi connectivity index (χ1v) is 8.27.